The summed E-state index contributed by atoms with van der Waals surface area (Å²) in [7, 11) is 0. The van der Waals surface area contributed by atoms with Crippen molar-refractivity contribution in [2.45, 2.75) is 25.3 Å². The number of rotatable bonds is 6. The fraction of sp³-hybridized carbons (Fsp3) is 0.409. The second-order valence-corrected chi connectivity index (χ2v) is 8.38. The Morgan fingerprint density at radius 2 is 1.67 bits per heavy atom. The molecule has 1 saturated heterocycles. The number of benzene rings is 2. The Balaban J connectivity index is 1.44. The first-order valence-electron chi connectivity index (χ1n) is 9.71. The summed E-state index contributed by atoms with van der Waals surface area (Å²) in [4.78, 5) is 16.8. The molecule has 144 valence electrons. The van der Waals surface area contributed by atoms with Gasteiger partial charge in [0.2, 0.25) is 0 Å². The molecule has 0 saturated carbocycles. The van der Waals surface area contributed by atoms with Gasteiger partial charge in [-0.25, -0.2) is 0 Å². The van der Waals surface area contributed by atoms with Crippen LogP contribution in [0, 0.1) is 13.8 Å². The highest BCUT2D eigenvalue weighted by molar-refractivity contribution is 7.98. The second-order valence-electron chi connectivity index (χ2n) is 7.50. The van der Waals surface area contributed by atoms with E-state index in [2.05, 4.69) is 55.8 Å². The number of aryl methyl sites for hydroxylation is 1. The van der Waals surface area contributed by atoms with Crippen LogP contribution in [0.2, 0.25) is 0 Å². The van der Waals surface area contributed by atoms with Crippen molar-refractivity contribution in [2.75, 3.05) is 44.3 Å². The van der Waals surface area contributed by atoms with Gasteiger partial charge in [-0.3, -0.25) is 4.79 Å². The largest absolute Gasteiger partial charge is 0.322 e. The minimum absolute atomic E-state index is 0.120. The first-order valence-corrected chi connectivity index (χ1v) is 10.9. The van der Waals surface area contributed by atoms with Gasteiger partial charge in [-0.05, 0) is 49.4 Å². The SMILES string of the molecule is CSc1ccc(C[NH+]2CC[NH+](CC(=O)Nc3cccc(C)c3C)CC2)cc1. The molecule has 1 amide bonds. The van der Waals surface area contributed by atoms with Crippen LogP contribution in [-0.4, -0.2) is 44.9 Å². The van der Waals surface area contributed by atoms with Gasteiger partial charge in [-0.2, -0.15) is 0 Å². The summed E-state index contributed by atoms with van der Waals surface area (Å²) in [5, 5.41) is 3.09. The highest BCUT2D eigenvalue weighted by Gasteiger charge is 2.25. The van der Waals surface area contributed by atoms with E-state index < -0.39 is 0 Å². The van der Waals surface area contributed by atoms with Crippen LogP contribution in [0.15, 0.2) is 47.4 Å². The van der Waals surface area contributed by atoms with E-state index in [0.29, 0.717) is 6.54 Å². The fourth-order valence-corrected chi connectivity index (χ4v) is 4.06. The quantitative estimate of drug-likeness (QED) is 0.648. The van der Waals surface area contributed by atoms with Gasteiger partial charge < -0.3 is 15.1 Å². The van der Waals surface area contributed by atoms with Gasteiger partial charge in [0, 0.05) is 16.1 Å². The summed E-state index contributed by atoms with van der Waals surface area (Å²) in [5.74, 6) is 0.120. The van der Waals surface area contributed by atoms with E-state index in [1.54, 1.807) is 16.7 Å². The molecule has 0 bridgehead atoms. The Bertz CT molecular complexity index is 768. The lowest BCUT2D eigenvalue weighted by molar-refractivity contribution is -1.02. The van der Waals surface area contributed by atoms with Crippen molar-refractivity contribution in [1.29, 1.82) is 0 Å². The highest BCUT2D eigenvalue weighted by atomic mass is 32.2. The molecule has 0 unspecified atom stereocenters. The molecule has 1 heterocycles. The molecule has 1 fully saturated rings. The Labute approximate surface area is 166 Å². The molecule has 4 nitrogen and oxygen atoms in total. The molecule has 0 aliphatic carbocycles. The Hall–Kier alpha value is -1.82. The molecule has 27 heavy (non-hydrogen) atoms. The summed E-state index contributed by atoms with van der Waals surface area (Å²) in [6.07, 6.45) is 2.11. The molecule has 0 spiro atoms. The summed E-state index contributed by atoms with van der Waals surface area (Å²) >= 11 is 1.78. The lowest BCUT2D eigenvalue weighted by atomic mass is 10.1. The topological polar surface area (TPSA) is 38.0 Å². The Morgan fingerprint density at radius 1 is 1.00 bits per heavy atom. The summed E-state index contributed by atoms with van der Waals surface area (Å²) < 4.78 is 0. The molecular formula is C22H31N3OS+2. The van der Waals surface area contributed by atoms with Crippen molar-refractivity contribution >= 4 is 23.4 Å². The minimum atomic E-state index is 0.120. The van der Waals surface area contributed by atoms with Gasteiger partial charge in [0.15, 0.2) is 6.54 Å². The third-order valence-electron chi connectivity index (χ3n) is 5.57. The number of anilines is 1. The summed E-state index contributed by atoms with van der Waals surface area (Å²) in [5.41, 5.74) is 4.71. The van der Waals surface area contributed by atoms with Gasteiger partial charge in [-0.1, -0.05) is 24.3 Å². The number of nitrogens with one attached hydrogen (secondary N) is 3. The molecule has 2 aromatic carbocycles. The van der Waals surface area contributed by atoms with Gasteiger partial charge >= 0.3 is 0 Å². The van der Waals surface area contributed by atoms with Crippen LogP contribution >= 0.6 is 11.8 Å². The number of quaternary nitrogens is 2. The average Bonchev–Trinajstić information content (AvgIpc) is 2.67. The second kappa shape index (κ2) is 9.40. The predicted octanol–water partition coefficient (Wildman–Crippen LogP) is 0.947. The van der Waals surface area contributed by atoms with E-state index in [1.807, 2.05) is 12.1 Å². The molecule has 0 aromatic heterocycles. The van der Waals surface area contributed by atoms with Crippen LogP contribution in [0.25, 0.3) is 0 Å². The van der Waals surface area contributed by atoms with Gasteiger partial charge in [0.1, 0.15) is 32.7 Å². The van der Waals surface area contributed by atoms with Gasteiger partial charge in [-0.15, -0.1) is 11.8 Å². The van der Waals surface area contributed by atoms with Crippen LogP contribution in [0.4, 0.5) is 5.69 Å². The third-order valence-corrected chi connectivity index (χ3v) is 6.31. The number of carbonyl (C=O) groups excluding carboxylic acids is 1. The van der Waals surface area contributed by atoms with Crippen molar-refractivity contribution in [1.82, 2.24) is 0 Å². The summed E-state index contributed by atoms with van der Waals surface area (Å²) in [6.45, 7) is 10.1. The number of hydrogen-bond acceptors (Lipinski definition) is 2. The molecule has 3 N–H and O–H groups in total. The molecular weight excluding hydrogens is 354 g/mol. The highest BCUT2D eigenvalue weighted by Crippen LogP contribution is 2.17. The van der Waals surface area contributed by atoms with Crippen LogP contribution in [0.5, 0.6) is 0 Å². The maximum Gasteiger partial charge on any atom is 0.279 e. The number of amides is 1. The smallest absolute Gasteiger partial charge is 0.279 e. The monoisotopic (exact) mass is 385 g/mol. The van der Waals surface area contributed by atoms with Crippen LogP contribution in [-0.2, 0) is 11.3 Å². The molecule has 2 aromatic rings. The first-order chi connectivity index (χ1) is 13.0. The Kier molecular flexibility index (Phi) is 6.94. The predicted molar refractivity (Wildman–Crippen MR) is 113 cm³/mol. The molecule has 0 atom stereocenters. The standard InChI is InChI=1S/C22H29N3OS/c1-17-5-4-6-21(18(17)2)23-22(26)16-25-13-11-24(12-14-25)15-19-7-9-20(27-3)10-8-19/h4-10H,11-16H2,1-3H3,(H,23,26)/p+2. The van der Waals surface area contributed by atoms with Gasteiger partial charge in [0.25, 0.3) is 5.91 Å². The number of thioether (sulfide) groups is 1. The first kappa shape index (κ1) is 19.9. The normalized spacial score (nSPS) is 19.7. The zero-order valence-corrected chi connectivity index (χ0v) is 17.4. The van der Waals surface area contributed by atoms with Crippen molar-refractivity contribution < 1.29 is 14.6 Å². The van der Waals surface area contributed by atoms with E-state index >= 15 is 0 Å². The lowest BCUT2D eigenvalue weighted by Crippen LogP contribution is -3.28. The molecule has 5 heteroatoms. The molecule has 3 rings (SSSR count). The van der Waals surface area contributed by atoms with Gasteiger partial charge in [0.05, 0.1) is 0 Å². The zero-order valence-electron chi connectivity index (χ0n) is 16.6. The molecule has 0 radical (unpaired) electrons. The van der Waals surface area contributed by atoms with Crippen molar-refractivity contribution in [3.8, 4) is 0 Å². The maximum absolute atomic E-state index is 12.4. The van der Waals surface area contributed by atoms with E-state index in [-0.39, 0.29) is 5.91 Å². The van der Waals surface area contributed by atoms with E-state index in [9.17, 15) is 4.79 Å². The molecule has 1 aliphatic rings. The third kappa shape index (κ3) is 5.58. The van der Waals surface area contributed by atoms with E-state index in [4.69, 9.17) is 0 Å². The minimum Gasteiger partial charge on any atom is -0.322 e. The number of carbonyl (C=O) groups is 1. The number of piperazine rings is 1. The van der Waals surface area contributed by atoms with Crippen LogP contribution in [0.1, 0.15) is 16.7 Å². The maximum atomic E-state index is 12.4. The van der Waals surface area contributed by atoms with E-state index in [1.165, 1.54) is 20.9 Å². The van der Waals surface area contributed by atoms with Crippen molar-refractivity contribution in [3.05, 3.63) is 59.2 Å². The van der Waals surface area contributed by atoms with Crippen molar-refractivity contribution in [2.24, 2.45) is 0 Å². The number of hydrogen-bond donors (Lipinski definition) is 3. The summed E-state index contributed by atoms with van der Waals surface area (Å²) in [6, 6.07) is 15.0. The Morgan fingerprint density at radius 3 is 2.33 bits per heavy atom. The van der Waals surface area contributed by atoms with Crippen molar-refractivity contribution in [3.63, 3.8) is 0 Å². The lowest BCUT2D eigenvalue weighted by Gasteiger charge is -2.29. The van der Waals surface area contributed by atoms with Crippen LogP contribution in [0.3, 0.4) is 0 Å². The fourth-order valence-electron chi connectivity index (χ4n) is 3.65. The van der Waals surface area contributed by atoms with E-state index in [0.717, 1.165) is 44.0 Å². The molecule has 1 aliphatic heterocycles. The zero-order chi connectivity index (χ0) is 19.2. The van der Waals surface area contributed by atoms with Crippen LogP contribution < -0.4 is 15.1 Å². The average molecular weight is 386 g/mol.